The highest BCUT2D eigenvalue weighted by atomic mass is 32.2. The molecule has 2 aromatic heterocycles. The summed E-state index contributed by atoms with van der Waals surface area (Å²) in [6, 6.07) is 10.4. The highest BCUT2D eigenvalue weighted by molar-refractivity contribution is 7.98. The molecule has 1 saturated heterocycles. The van der Waals surface area contributed by atoms with Gasteiger partial charge in [-0.05, 0) is 19.4 Å². The number of hydrogen-bond acceptors (Lipinski definition) is 9. The maximum absolute atomic E-state index is 11.9. The van der Waals surface area contributed by atoms with Crippen molar-refractivity contribution >= 4 is 45.7 Å². The van der Waals surface area contributed by atoms with E-state index in [9.17, 15) is 9.66 Å². The van der Waals surface area contributed by atoms with Crippen molar-refractivity contribution in [2.24, 2.45) is 0 Å². The average molecular weight is 473 g/mol. The number of aliphatic hydroxyl groups is 1. The number of hydrogen-bond donors (Lipinski definition) is 1. The van der Waals surface area contributed by atoms with Crippen LogP contribution in [0.25, 0.3) is 11.0 Å². The van der Waals surface area contributed by atoms with Gasteiger partial charge in [-0.3, -0.25) is 0 Å². The van der Waals surface area contributed by atoms with Gasteiger partial charge in [-0.1, -0.05) is 53.3 Å². The number of anilines is 2. The average Bonchev–Trinajstić information content (AvgIpc) is 2.81. The van der Waals surface area contributed by atoms with Crippen molar-refractivity contribution in [3.8, 4) is 0 Å². The molecule has 1 fully saturated rings. The summed E-state index contributed by atoms with van der Waals surface area (Å²) in [7, 11) is 0. The molecule has 10 heteroatoms. The van der Waals surface area contributed by atoms with Crippen LogP contribution in [-0.2, 0) is 16.9 Å². The second-order valence-corrected chi connectivity index (χ2v) is 10.5. The first kappa shape index (κ1) is 23.0. The van der Waals surface area contributed by atoms with Gasteiger partial charge in [0.1, 0.15) is 33.9 Å². The number of nitrogens with zero attached hydrogens (tertiary/aromatic N) is 6. The second kappa shape index (κ2) is 10.7. The summed E-state index contributed by atoms with van der Waals surface area (Å²) in [6.45, 7) is 5.89. The molecule has 8 nitrogen and oxygen atoms in total. The molecule has 1 aliphatic rings. The van der Waals surface area contributed by atoms with Crippen LogP contribution in [0.1, 0.15) is 19.4 Å². The zero-order valence-electron chi connectivity index (χ0n) is 18.3. The third-order valence-electron chi connectivity index (χ3n) is 5.34. The molecule has 1 N–H and O–H groups in total. The van der Waals surface area contributed by atoms with E-state index in [0.717, 1.165) is 16.6 Å². The summed E-state index contributed by atoms with van der Waals surface area (Å²) in [4.78, 5) is 23.0. The number of fused-ring (bicyclic) bond motifs is 1. The van der Waals surface area contributed by atoms with Gasteiger partial charge in [0.05, 0.1) is 19.7 Å². The first-order valence-electron chi connectivity index (χ1n) is 10.7. The summed E-state index contributed by atoms with van der Waals surface area (Å²) in [5.74, 6) is 3.31. The normalized spacial score (nSPS) is 15.0. The minimum Gasteiger partial charge on any atom is -0.616 e. The summed E-state index contributed by atoms with van der Waals surface area (Å²) < 4.78 is 11.9. The van der Waals surface area contributed by atoms with Gasteiger partial charge in [0.25, 0.3) is 0 Å². The maximum atomic E-state index is 11.9. The molecule has 0 amide bonds. The van der Waals surface area contributed by atoms with E-state index in [1.165, 1.54) is 5.56 Å². The smallest absolute Gasteiger partial charge is 0.228 e. The zero-order chi connectivity index (χ0) is 22.5. The summed E-state index contributed by atoms with van der Waals surface area (Å²) in [5.41, 5.74) is 2.63. The van der Waals surface area contributed by atoms with E-state index in [1.807, 2.05) is 23.1 Å². The molecule has 170 valence electrons. The number of rotatable bonds is 8. The molecule has 0 radical (unpaired) electrons. The first-order valence-corrected chi connectivity index (χ1v) is 13.2. The van der Waals surface area contributed by atoms with Gasteiger partial charge in [-0.2, -0.15) is 4.98 Å². The zero-order valence-corrected chi connectivity index (χ0v) is 20.0. The van der Waals surface area contributed by atoms with Crippen molar-refractivity contribution in [3.63, 3.8) is 0 Å². The number of aromatic nitrogens is 4. The maximum Gasteiger partial charge on any atom is 0.228 e. The van der Waals surface area contributed by atoms with Crippen molar-refractivity contribution in [2.75, 3.05) is 47.5 Å². The minimum atomic E-state index is -0.787. The third kappa shape index (κ3) is 5.25. The topological polar surface area (TPSA) is 101 Å². The molecule has 3 heterocycles. The molecule has 4 rings (SSSR count). The highest BCUT2D eigenvalue weighted by Gasteiger charge is 2.26. The Morgan fingerprint density at radius 2 is 1.88 bits per heavy atom. The lowest BCUT2D eigenvalue weighted by molar-refractivity contribution is 0.298. The van der Waals surface area contributed by atoms with E-state index in [2.05, 4.69) is 40.8 Å². The van der Waals surface area contributed by atoms with Crippen molar-refractivity contribution in [1.29, 1.82) is 0 Å². The monoisotopic (exact) mass is 472 g/mol. The molecular formula is C22H28N6O2S2. The van der Waals surface area contributed by atoms with Gasteiger partial charge in [0, 0.05) is 18.3 Å². The molecule has 0 aliphatic carbocycles. The number of aliphatic hydroxyl groups excluding tert-OH is 1. The third-order valence-corrected chi connectivity index (χ3v) is 7.66. The van der Waals surface area contributed by atoms with Gasteiger partial charge in [0.15, 0.2) is 5.82 Å². The van der Waals surface area contributed by atoms with Crippen LogP contribution in [0.2, 0.25) is 0 Å². The van der Waals surface area contributed by atoms with Crippen molar-refractivity contribution < 1.29 is 9.66 Å². The van der Waals surface area contributed by atoms with Crippen LogP contribution >= 0.6 is 11.8 Å². The quantitative estimate of drug-likeness (QED) is 0.301. The van der Waals surface area contributed by atoms with E-state index >= 15 is 0 Å². The van der Waals surface area contributed by atoms with E-state index in [0.29, 0.717) is 48.1 Å². The lowest BCUT2D eigenvalue weighted by Gasteiger charge is -2.31. The summed E-state index contributed by atoms with van der Waals surface area (Å²) in [5, 5.41) is 10.4. The first-order chi connectivity index (χ1) is 15.6. The Balaban J connectivity index is 1.77. The number of thioether (sulfide) groups is 1. The molecule has 0 atom stereocenters. The van der Waals surface area contributed by atoms with E-state index in [-0.39, 0.29) is 12.6 Å². The summed E-state index contributed by atoms with van der Waals surface area (Å²) >= 11 is 0.838. The molecule has 0 bridgehead atoms. The van der Waals surface area contributed by atoms with Gasteiger partial charge in [0.2, 0.25) is 5.95 Å². The predicted molar refractivity (Wildman–Crippen MR) is 131 cm³/mol. The van der Waals surface area contributed by atoms with E-state index in [1.54, 1.807) is 18.1 Å². The highest BCUT2D eigenvalue weighted by Crippen LogP contribution is 2.32. The second-order valence-electron chi connectivity index (χ2n) is 7.84. The standard InChI is InChI=1S/C22H28N6O2S2/c1-16(2)28(8-11-29)22-25-19-18(20(26-22)27-9-12-32(30)13-10-27)23-15-24-21(19)31-14-17-6-4-3-5-7-17/h3-7,15-16,29H,8-14H2,1-2H3. The number of benzene rings is 1. The molecule has 3 aromatic rings. The predicted octanol–water partition coefficient (Wildman–Crippen LogP) is 2.49. The molecule has 1 aliphatic heterocycles. The Hall–Kier alpha value is -2.14. The van der Waals surface area contributed by atoms with Crippen molar-refractivity contribution in [3.05, 3.63) is 42.2 Å². The Morgan fingerprint density at radius 3 is 2.56 bits per heavy atom. The molecule has 1 aromatic carbocycles. The molecule has 32 heavy (non-hydrogen) atoms. The summed E-state index contributed by atoms with van der Waals surface area (Å²) in [6.07, 6.45) is 1.57. The van der Waals surface area contributed by atoms with Crippen LogP contribution in [0.15, 0.2) is 41.7 Å². The SMILES string of the molecule is CC(C)N(CCO)c1nc(N2CC[S+]([O-])CC2)c2ncnc(SCc3ccccc3)c2n1. The molecule has 0 spiro atoms. The minimum absolute atomic E-state index is 0.0124. The van der Waals surface area contributed by atoms with Crippen LogP contribution < -0.4 is 9.80 Å². The Bertz CT molecular complexity index is 1030. The molecular weight excluding hydrogens is 444 g/mol. The van der Waals surface area contributed by atoms with Gasteiger partial charge >= 0.3 is 0 Å². The molecule has 0 unspecified atom stereocenters. The van der Waals surface area contributed by atoms with Gasteiger partial charge < -0.3 is 19.5 Å². The fourth-order valence-electron chi connectivity index (χ4n) is 3.63. The van der Waals surface area contributed by atoms with E-state index in [4.69, 9.17) is 9.97 Å². The lowest BCUT2D eigenvalue weighted by Crippen LogP contribution is -2.41. The van der Waals surface area contributed by atoms with Crippen molar-refractivity contribution in [2.45, 2.75) is 30.7 Å². The van der Waals surface area contributed by atoms with Crippen molar-refractivity contribution in [1.82, 2.24) is 19.9 Å². The Kier molecular flexibility index (Phi) is 7.67. The van der Waals surface area contributed by atoms with Gasteiger partial charge in [-0.25, -0.2) is 15.0 Å². The van der Waals surface area contributed by atoms with Crippen LogP contribution in [0.3, 0.4) is 0 Å². The fraction of sp³-hybridized carbons (Fsp3) is 0.455. The van der Waals surface area contributed by atoms with Crippen LogP contribution in [0.5, 0.6) is 0 Å². The lowest BCUT2D eigenvalue weighted by atomic mass is 10.2. The Labute approximate surface area is 195 Å². The van der Waals surface area contributed by atoms with Crippen LogP contribution in [-0.4, -0.2) is 73.4 Å². The fourth-order valence-corrected chi connectivity index (χ4v) is 5.58. The van der Waals surface area contributed by atoms with Crippen LogP contribution in [0, 0.1) is 0 Å². The van der Waals surface area contributed by atoms with Crippen LogP contribution in [0.4, 0.5) is 11.8 Å². The van der Waals surface area contributed by atoms with E-state index < -0.39 is 11.2 Å². The van der Waals surface area contributed by atoms with Gasteiger partial charge in [-0.15, -0.1) is 0 Å². The molecule has 0 saturated carbocycles. The Morgan fingerprint density at radius 1 is 1.12 bits per heavy atom. The largest absolute Gasteiger partial charge is 0.616 e.